The fraction of sp³-hybridized carbons (Fsp3) is 0.400. The fourth-order valence-corrected chi connectivity index (χ4v) is 1.61. The highest BCUT2D eigenvalue weighted by molar-refractivity contribution is 5.40. The molecule has 0 aliphatic carbocycles. The number of nitrogens with one attached hydrogen (secondary N) is 1. The molecule has 0 radical (unpaired) electrons. The van der Waals surface area contributed by atoms with E-state index in [2.05, 4.69) is 22.0 Å². The van der Waals surface area contributed by atoms with Crippen LogP contribution in [-0.2, 0) is 0 Å². The average Bonchev–Trinajstić information content (AvgIpc) is 2.26. The van der Waals surface area contributed by atoms with Gasteiger partial charge in [-0.1, -0.05) is 12.2 Å². The van der Waals surface area contributed by atoms with Crippen molar-refractivity contribution in [1.82, 2.24) is 9.71 Å². The molecule has 0 unspecified atom stereocenters. The number of aromatic nitrogens is 2. The molecule has 0 atom stereocenters. The summed E-state index contributed by atoms with van der Waals surface area (Å²) in [5.41, 5.74) is 0.499. The van der Waals surface area contributed by atoms with Crippen molar-refractivity contribution in [3.05, 3.63) is 29.5 Å². The van der Waals surface area contributed by atoms with Crippen LogP contribution in [0.25, 0.3) is 0 Å². The third kappa shape index (κ3) is 1.86. The van der Waals surface area contributed by atoms with Gasteiger partial charge in [0.05, 0.1) is 5.69 Å². The zero-order valence-corrected chi connectivity index (χ0v) is 8.64. The van der Waals surface area contributed by atoms with Gasteiger partial charge in [-0.3, -0.25) is 5.41 Å². The summed E-state index contributed by atoms with van der Waals surface area (Å²) < 4.78 is 0.781. The molecule has 80 valence electrons. The van der Waals surface area contributed by atoms with Crippen molar-refractivity contribution in [2.75, 3.05) is 18.0 Å². The first-order valence-corrected chi connectivity index (χ1v) is 4.93. The quantitative estimate of drug-likeness (QED) is 0.524. The minimum Gasteiger partial charge on any atom is -0.425 e. The maximum atomic E-state index is 9.36. The molecular weight excluding hydrogens is 192 g/mol. The lowest BCUT2D eigenvalue weighted by Gasteiger charge is -2.24. The second-order valence-electron chi connectivity index (χ2n) is 3.60. The van der Waals surface area contributed by atoms with Crippen molar-refractivity contribution >= 4 is 5.82 Å². The standard InChI is InChI=1S/C10H14N4O/c1-8-7-9(12-10(11)14(8)15)13-5-3-2-4-6-13/h2-3,7,11,15H,4-6H2,1H3. The summed E-state index contributed by atoms with van der Waals surface area (Å²) >= 11 is 0. The van der Waals surface area contributed by atoms with Gasteiger partial charge in [0.25, 0.3) is 5.62 Å². The Morgan fingerprint density at radius 1 is 1.47 bits per heavy atom. The van der Waals surface area contributed by atoms with Gasteiger partial charge in [0.15, 0.2) is 0 Å². The van der Waals surface area contributed by atoms with Crippen molar-refractivity contribution in [3.63, 3.8) is 0 Å². The summed E-state index contributed by atoms with van der Waals surface area (Å²) in [6.07, 6.45) is 5.23. The van der Waals surface area contributed by atoms with Crippen molar-refractivity contribution < 1.29 is 5.21 Å². The van der Waals surface area contributed by atoms with E-state index >= 15 is 0 Å². The highest BCUT2D eigenvalue weighted by Crippen LogP contribution is 2.13. The van der Waals surface area contributed by atoms with Crippen LogP contribution in [-0.4, -0.2) is 28.0 Å². The maximum Gasteiger partial charge on any atom is 0.257 e. The molecule has 2 rings (SSSR count). The molecule has 15 heavy (non-hydrogen) atoms. The van der Waals surface area contributed by atoms with Crippen LogP contribution in [0.3, 0.4) is 0 Å². The first-order chi connectivity index (χ1) is 7.18. The molecule has 0 spiro atoms. The molecule has 0 aromatic carbocycles. The number of aryl methyl sites for hydroxylation is 1. The van der Waals surface area contributed by atoms with Crippen LogP contribution in [0.4, 0.5) is 5.82 Å². The van der Waals surface area contributed by atoms with Crippen LogP contribution in [0.2, 0.25) is 0 Å². The van der Waals surface area contributed by atoms with Crippen LogP contribution in [0.15, 0.2) is 18.2 Å². The predicted molar refractivity (Wildman–Crippen MR) is 56.0 cm³/mol. The van der Waals surface area contributed by atoms with Gasteiger partial charge < -0.3 is 10.1 Å². The molecule has 5 heteroatoms. The van der Waals surface area contributed by atoms with E-state index in [0.717, 1.165) is 30.1 Å². The molecule has 0 saturated carbocycles. The molecule has 1 aromatic rings. The average molecular weight is 206 g/mol. The van der Waals surface area contributed by atoms with Crippen LogP contribution >= 0.6 is 0 Å². The molecule has 0 bridgehead atoms. The summed E-state index contributed by atoms with van der Waals surface area (Å²) in [7, 11) is 0. The summed E-state index contributed by atoms with van der Waals surface area (Å²) in [4.78, 5) is 6.12. The van der Waals surface area contributed by atoms with Gasteiger partial charge >= 0.3 is 0 Å². The first kappa shape index (κ1) is 9.76. The smallest absolute Gasteiger partial charge is 0.257 e. The summed E-state index contributed by atoms with van der Waals surface area (Å²) in [6.45, 7) is 3.49. The summed E-state index contributed by atoms with van der Waals surface area (Å²) in [6, 6.07) is 1.79. The Labute approximate surface area is 87.8 Å². The lowest BCUT2D eigenvalue weighted by atomic mass is 10.2. The van der Waals surface area contributed by atoms with E-state index in [1.807, 2.05) is 0 Å². The number of hydrogen-bond donors (Lipinski definition) is 2. The van der Waals surface area contributed by atoms with Crippen molar-refractivity contribution in [2.24, 2.45) is 0 Å². The van der Waals surface area contributed by atoms with Crippen LogP contribution in [0.5, 0.6) is 0 Å². The predicted octanol–water partition coefficient (Wildman–Crippen LogP) is 0.675. The van der Waals surface area contributed by atoms with Gasteiger partial charge in [-0.05, 0) is 13.3 Å². The Morgan fingerprint density at radius 3 is 2.87 bits per heavy atom. The Bertz CT molecular complexity index is 449. The minimum absolute atomic E-state index is 0.125. The van der Waals surface area contributed by atoms with E-state index in [9.17, 15) is 5.21 Å². The van der Waals surface area contributed by atoms with E-state index in [1.54, 1.807) is 13.0 Å². The van der Waals surface area contributed by atoms with Crippen LogP contribution < -0.4 is 10.5 Å². The molecule has 0 amide bonds. The highest BCUT2D eigenvalue weighted by Gasteiger charge is 2.10. The number of hydrogen-bond acceptors (Lipinski definition) is 4. The van der Waals surface area contributed by atoms with Crippen molar-refractivity contribution in [2.45, 2.75) is 13.3 Å². The fourth-order valence-electron chi connectivity index (χ4n) is 1.61. The molecule has 5 nitrogen and oxygen atoms in total. The molecule has 1 aliphatic heterocycles. The van der Waals surface area contributed by atoms with Crippen molar-refractivity contribution in [3.8, 4) is 0 Å². The second-order valence-corrected chi connectivity index (χ2v) is 3.60. The number of anilines is 1. The third-order valence-corrected chi connectivity index (χ3v) is 2.48. The normalized spacial score (nSPS) is 15.7. The molecule has 2 N–H and O–H groups in total. The van der Waals surface area contributed by atoms with Gasteiger partial charge in [0, 0.05) is 19.2 Å². The van der Waals surface area contributed by atoms with E-state index < -0.39 is 0 Å². The third-order valence-electron chi connectivity index (χ3n) is 2.48. The lowest BCUT2D eigenvalue weighted by Crippen LogP contribution is -2.32. The van der Waals surface area contributed by atoms with Gasteiger partial charge in [-0.25, -0.2) is 0 Å². The second kappa shape index (κ2) is 3.76. The zero-order valence-electron chi connectivity index (χ0n) is 8.64. The highest BCUT2D eigenvalue weighted by atomic mass is 16.5. The van der Waals surface area contributed by atoms with Gasteiger partial charge in [-0.2, -0.15) is 9.71 Å². The SMILES string of the molecule is Cc1cc(N2CC=CCC2)nc(=N)n1O. The summed E-state index contributed by atoms with van der Waals surface area (Å²) in [5.74, 6) is 0.757. The van der Waals surface area contributed by atoms with E-state index in [0.29, 0.717) is 5.69 Å². The molecule has 1 aromatic heterocycles. The topological polar surface area (TPSA) is 65.1 Å². The van der Waals surface area contributed by atoms with Crippen LogP contribution in [0, 0.1) is 12.3 Å². The van der Waals surface area contributed by atoms with E-state index in [-0.39, 0.29) is 5.62 Å². The van der Waals surface area contributed by atoms with Gasteiger partial charge in [-0.15, -0.1) is 0 Å². The monoisotopic (exact) mass is 206 g/mol. The largest absolute Gasteiger partial charge is 0.425 e. The van der Waals surface area contributed by atoms with E-state index in [4.69, 9.17) is 5.41 Å². The van der Waals surface area contributed by atoms with Crippen molar-refractivity contribution in [1.29, 1.82) is 5.41 Å². The van der Waals surface area contributed by atoms with Gasteiger partial charge in [0.2, 0.25) is 0 Å². The van der Waals surface area contributed by atoms with Gasteiger partial charge in [0.1, 0.15) is 5.82 Å². The Balaban J connectivity index is 2.37. The Morgan fingerprint density at radius 2 is 2.27 bits per heavy atom. The maximum absolute atomic E-state index is 9.36. The van der Waals surface area contributed by atoms with E-state index in [1.165, 1.54) is 0 Å². The molecule has 2 heterocycles. The minimum atomic E-state index is -0.125. The Hall–Kier alpha value is -1.78. The van der Waals surface area contributed by atoms with Crippen LogP contribution in [0.1, 0.15) is 12.1 Å². The molecule has 1 aliphatic rings. The Kier molecular flexibility index (Phi) is 2.45. The number of nitrogens with zero attached hydrogens (tertiary/aromatic N) is 3. The lowest BCUT2D eigenvalue weighted by molar-refractivity contribution is 0.158. The number of rotatable bonds is 1. The zero-order chi connectivity index (χ0) is 10.8. The summed E-state index contributed by atoms with van der Waals surface area (Å²) in [5, 5.41) is 16.8. The molecule has 0 saturated heterocycles. The molecular formula is C10H14N4O. The first-order valence-electron chi connectivity index (χ1n) is 4.93. The molecule has 0 fully saturated rings.